The van der Waals surface area contributed by atoms with Gasteiger partial charge in [-0.2, -0.15) is 0 Å². The van der Waals surface area contributed by atoms with Crippen molar-refractivity contribution in [3.63, 3.8) is 0 Å². The summed E-state index contributed by atoms with van der Waals surface area (Å²) in [6.45, 7) is 0. The van der Waals surface area contributed by atoms with Gasteiger partial charge < -0.3 is 0 Å². The molecular formula is C16H16. The molecule has 3 aliphatic carbocycles. The van der Waals surface area contributed by atoms with E-state index >= 15 is 0 Å². The molecule has 3 rings (SSSR count). The molecule has 0 bridgehead atoms. The predicted molar refractivity (Wildman–Crippen MR) is 68.8 cm³/mol. The normalized spacial score (nSPS) is 51.0. The van der Waals surface area contributed by atoms with Gasteiger partial charge in [0.2, 0.25) is 0 Å². The highest BCUT2D eigenvalue weighted by Crippen LogP contribution is 2.50. The fourth-order valence-electron chi connectivity index (χ4n) is 2.93. The fraction of sp³-hybridized carbons (Fsp3) is 0.250. The quantitative estimate of drug-likeness (QED) is 0.567. The van der Waals surface area contributed by atoms with Crippen LogP contribution in [-0.2, 0) is 0 Å². The van der Waals surface area contributed by atoms with Gasteiger partial charge in [-0.25, -0.2) is 0 Å². The third-order valence-electron chi connectivity index (χ3n) is 3.78. The zero-order valence-electron chi connectivity index (χ0n) is 9.24. The molecular weight excluding hydrogens is 192 g/mol. The van der Waals surface area contributed by atoms with Gasteiger partial charge >= 0.3 is 0 Å². The second-order valence-corrected chi connectivity index (χ2v) is 4.62. The maximum Gasteiger partial charge on any atom is -0.00925 e. The van der Waals surface area contributed by atoms with E-state index in [-0.39, 0.29) is 0 Å². The molecule has 0 heteroatoms. The lowest BCUT2D eigenvalue weighted by molar-refractivity contribution is 0.124. The first-order valence-electron chi connectivity index (χ1n) is 6.00. The zero-order valence-corrected chi connectivity index (χ0v) is 9.24. The summed E-state index contributed by atoms with van der Waals surface area (Å²) >= 11 is 0. The van der Waals surface area contributed by atoms with Crippen molar-refractivity contribution in [2.75, 3.05) is 0 Å². The van der Waals surface area contributed by atoms with Crippen LogP contribution in [0.1, 0.15) is 0 Å². The second kappa shape index (κ2) is 4.13. The fourth-order valence-corrected chi connectivity index (χ4v) is 2.93. The maximum atomic E-state index is 2.36. The smallest absolute Gasteiger partial charge is 0.00925 e. The van der Waals surface area contributed by atoms with Crippen molar-refractivity contribution in [1.82, 2.24) is 0 Å². The third kappa shape index (κ3) is 1.55. The Kier molecular flexibility index (Phi) is 2.49. The van der Waals surface area contributed by atoms with Crippen LogP contribution in [-0.4, -0.2) is 0 Å². The van der Waals surface area contributed by atoms with Gasteiger partial charge in [-0.3, -0.25) is 0 Å². The number of hydrogen-bond donors (Lipinski definition) is 0. The van der Waals surface area contributed by atoms with Crippen LogP contribution in [0.3, 0.4) is 0 Å². The molecule has 16 heavy (non-hydrogen) atoms. The highest BCUT2D eigenvalue weighted by atomic mass is 14.5. The molecule has 80 valence electrons. The first kappa shape index (κ1) is 9.65. The summed E-state index contributed by atoms with van der Waals surface area (Å²) < 4.78 is 0. The number of fused-ring (bicyclic) bond motifs is 4. The van der Waals surface area contributed by atoms with Gasteiger partial charge in [0.05, 0.1) is 0 Å². The van der Waals surface area contributed by atoms with Crippen LogP contribution in [0.2, 0.25) is 0 Å². The summed E-state index contributed by atoms with van der Waals surface area (Å²) in [5.74, 6) is 2.72. The van der Waals surface area contributed by atoms with E-state index in [1.165, 1.54) is 0 Å². The molecule has 0 N–H and O–H groups in total. The van der Waals surface area contributed by atoms with Gasteiger partial charge in [0.15, 0.2) is 0 Å². The second-order valence-electron chi connectivity index (χ2n) is 4.62. The monoisotopic (exact) mass is 208 g/mol. The van der Waals surface area contributed by atoms with Crippen molar-refractivity contribution in [3.8, 4) is 0 Å². The topological polar surface area (TPSA) is 0 Å². The van der Waals surface area contributed by atoms with E-state index in [4.69, 9.17) is 0 Å². The van der Waals surface area contributed by atoms with E-state index in [0.717, 1.165) is 0 Å². The third-order valence-corrected chi connectivity index (χ3v) is 3.78. The molecule has 0 aromatic carbocycles. The van der Waals surface area contributed by atoms with Crippen molar-refractivity contribution in [1.29, 1.82) is 0 Å². The number of hydrogen-bond acceptors (Lipinski definition) is 0. The molecule has 0 atom stereocenters. The summed E-state index contributed by atoms with van der Waals surface area (Å²) in [4.78, 5) is 0. The number of rotatable bonds is 0. The van der Waals surface area contributed by atoms with Crippen LogP contribution < -0.4 is 0 Å². The summed E-state index contributed by atoms with van der Waals surface area (Å²) in [6, 6.07) is 0. The van der Waals surface area contributed by atoms with Gasteiger partial charge in [-0.1, -0.05) is 72.9 Å². The highest BCUT2D eigenvalue weighted by Gasteiger charge is 2.44. The van der Waals surface area contributed by atoms with Crippen molar-refractivity contribution in [2.24, 2.45) is 23.7 Å². The van der Waals surface area contributed by atoms with Crippen molar-refractivity contribution >= 4 is 0 Å². The summed E-state index contributed by atoms with van der Waals surface area (Å²) in [7, 11) is 0. The first-order valence-corrected chi connectivity index (χ1v) is 6.00. The van der Waals surface area contributed by atoms with E-state index in [1.54, 1.807) is 0 Å². The van der Waals surface area contributed by atoms with Gasteiger partial charge in [0, 0.05) is 0 Å². The van der Waals surface area contributed by atoms with Gasteiger partial charge in [-0.05, 0) is 23.7 Å². The molecule has 0 aromatic rings. The van der Waals surface area contributed by atoms with Crippen molar-refractivity contribution in [3.05, 3.63) is 72.9 Å². The van der Waals surface area contributed by atoms with Crippen LogP contribution >= 0.6 is 0 Å². The molecule has 1 fully saturated rings. The van der Waals surface area contributed by atoms with E-state index < -0.39 is 0 Å². The van der Waals surface area contributed by atoms with Gasteiger partial charge in [0.1, 0.15) is 0 Å². The predicted octanol–water partition coefficient (Wildman–Crippen LogP) is 3.83. The Balaban J connectivity index is 1.93. The van der Waals surface area contributed by atoms with Crippen molar-refractivity contribution < 1.29 is 0 Å². The Bertz CT molecular complexity index is 339. The molecule has 0 nitrogen and oxygen atoms in total. The Morgan fingerprint density at radius 1 is 0.312 bits per heavy atom. The Hall–Kier alpha value is -1.56. The lowest BCUT2D eigenvalue weighted by atomic mass is 9.56. The molecule has 0 radical (unpaired) electrons. The SMILES string of the molecule is C1=C\C=C/C2C(\C=C/1)C1\C=C/C=C\C=C/C21. The lowest BCUT2D eigenvalue weighted by Gasteiger charge is -2.48. The first-order chi connectivity index (χ1) is 7.97. The van der Waals surface area contributed by atoms with Crippen molar-refractivity contribution in [2.45, 2.75) is 0 Å². The average Bonchev–Trinajstić information content (AvgIpc) is 2.23. The van der Waals surface area contributed by atoms with Crippen LogP contribution in [0.25, 0.3) is 0 Å². The standard InChI is InChI=1S/C16H16/c1-2-6-10-14-13(9-5-1)15-11-7-3-4-8-12-16(14)15/h1-16H/b2-1-,4-3-,9-5-,10-6-,11-7-,12-8-. The van der Waals surface area contributed by atoms with Gasteiger partial charge in [0.25, 0.3) is 0 Å². The molecule has 0 aromatic heterocycles. The molecule has 0 saturated heterocycles. The molecule has 0 amide bonds. The molecule has 0 spiro atoms. The minimum Gasteiger partial charge on any atom is -0.0802 e. The molecule has 1 saturated carbocycles. The minimum absolute atomic E-state index is 0.679. The van der Waals surface area contributed by atoms with Crippen LogP contribution in [0.15, 0.2) is 72.9 Å². The largest absolute Gasteiger partial charge is 0.0802 e. The summed E-state index contributed by atoms with van der Waals surface area (Å²) in [5.41, 5.74) is 0. The molecule has 0 unspecified atom stereocenters. The lowest BCUT2D eigenvalue weighted by Crippen LogP contribution is -2.43. The Morgan fingerprint density at radius 2 is 0.562 bits per heavy atom. The van der Waals surface area contributed by atoms with Crippen LogP contribution in [0, 0.1) is 23.7 Å². The van der Waals surface area contributed by atoms with E-state index in [1.807, 2.05) is 0 Å². The average molecular weight is 208 g/mol. The van der Waals surface area contributed by atoms with E-state index in [9.17, 15) is 0 Å². The number of allylic oxidation sites excluding steroid dienone is 12. The highest BCUT2D eigenvalue weighted by molar-refractivity contribution is 5.30. The molecule has 3 aliphatic rings. The van der Waals surface area contributed by atoms with E-state index in [2.05, 4.69) is 72.9 Å². The molecule has 0 aliphatic heterocycles. The zero-order chi connectivity index (χ0) is 10.8. The maximum absolute atomic E-state index is 2.36. The van der Waals surface area contributed by atoms with E-state index in [0.29, 0.717) is 23.7 Å². The van der Waals surface area contributed by atoms with Gasteiger partial charge in [-0.15, -0.1) is 0 Å². The Labute approximate surface area is 97.1 Å². The van der Waals surface area contributed by atoms with Crippen LogP contribution in [0.5, 0.6) is 0 Å². The van der Waals surface area contributed by atoms with Crippen LogP contribution in [0.4, 0.5) is 0 Å². The summed E-state index contributed by atoms with van der Waals surface area (Å²) in [6.07, 6.45) is 26.6. The Morgan fingerprint density at radius 3 is 0.812 bits per heavy atom. The minimum atomic E-state index is 0.679. The summed E-state index contributed by atoms with van der Waals surface area (Å²) in [5, 5.41) is 0. The molecule has 0 heterocycles.